The summed E-state index contributed by atoms with van der Waals surface area (Å²) in [7, 11) is -3.76. The predicted octanol–water partition coefficient (Wildman–Crippen LogP) is 1.57. The lowest BCUT2D eigenvalue weighted by molar-refractivity contribution is 0.503. The Hall–Kier alpha value is -1.16. The molecule has 3 rings (SSSR count). The summed E-state index contributed by atoms with van der Waals surface area (Å²) in [6.45, 7) is 0. The first-order valence-corrected chi connectivity index (χ1v) is 9.12. The lowest BCUT2D eigenvalue weighted by Gasteiger charge is -2.28. The van der Waals surface area contributed by atoms with Crippen LogP contribution < -0.4 is 10.5 Å². The monoisotopic (exact) mass is 342 g/mol. The van der Waals surface area contributed by atoms with E-state index >= 15 is 0 Å². The van der Waals surface area contributed by atoms with E-state index in [0.717, 1.165) is 24.6 Å². The Morgan fingerprint density at radius 3 is 2.71 bits per heavy atom. The first kappa shape index (κ1) is 14.8. The van der Waals surface area contributed by atoms with E-state index in [-0.39, 0.29) is 9.88 Å². The smallest absolute Gasteiger partial charge is 0.243 e. The van der Waals surface area contributed by atoms with Gasteiger partial charge in [0, 0.05) is 0 Å². The Morgan fingerprint density at radius 1 is 1.33 bits per heavy atom. The van der Waals surface area contributed by atoms with Crippen LogP contribution in [0.1, 0.15) is 25.7 Å². The van der Waals surface area contributed by atoms with Crippen LogP contribution in [0.3, 0.4) is 0 Å². The molecular weight excluding hydrogens is 328 g/mol. The molecule has 2 aromatic rings. The van der Waals surface area contributed by atoms with Gasteiger partial charge in [0.2, 0.25) is 10.0 Å². The molecule has 1 aromatic heterocycles. The maximum atomic E-state index is 12.7. The number of hydrogen-bond acceptors (Lipinski definition) is 6. The number of nitrogens with zero attached hydrogens (tertiary/aromatic N) is 2. The van der Waals surface area contributed by atoms with Crippen molar-refractivity contribution in [1.29, 1.82) is 0 Å². The average Bonchev–Trinajstić information content (AvgIpc) is 3.06. The average molecular weight is 342 g/mol. The van der Waals surface area contributed by atoms with Gasteiger partial charge in [0.1, 0.15) is 15.9 Å². The van der Waals surface area contributed by atoms with Gasteiger partial charge in [-0.25, -0.2) is 8.42 Å². The third-order valence-corrected chi connectivity index (χ3v) is 6.30. The summed E-state index contributed by atoms with van der Waals surface area (Å²) in [6, 6.07) is 4.91. The number of sulfonamides is 1. The van der Waals surface area contributed by atoms with E-state index < -0.39 is 15.6 Å². The molecule has 1 saturated carbocycles. The summed E-state index contributed by atoms with van der Waals surface area (Å²) in [6.07, 6.45) is 3.07. The van der Waals surface area contributed by atoms with E-state index in [9.17, 15) is 8.42 Å². The molecular formula is C12H14N4O2S3. The molecule has 0 spiro atoms. The van der Waals surface area contributed by atoms with Crippen molar-refractivity contribution in [2.45, 2.75) is 36.1 Å². The number of nitrogens with two attached hydrogens (primary N) is 1. The van der Waals surface area contributed by atoms with Crippen molar-refractivity contribution in [3.63, 3.8) is 0 Å². The minimum Gasteiger partial charge on any atom is -0.392 e. The number of benzene rings is 1. The number of aromatic nitrogens is 2. The number of hydrogen-bond donors (Lipinski definition) is 2. The quantitative estimate of drug-likeness (QED) is 0.819. The molecule has 1 heterocycles. The van der Waals surface area contributed by atoms with Crippen molar-refractivity contribution >= 4 is 50.0 Å². The zero-order valence-electron chi connectivity index (χ0n) is 11.1. The molecule has 3 N–H and O–H groups in total. The molecule has 0 atom stereocenters. The second kappa shape index (κ2) is 5.24. The second-order valence-electron chi connectivity index (χ2n) is 5.15. The van der Waals surface area contributed by atoms with Crippen LogP contribution in [-0.2, 0) is 10.0 Å². The Morgan fingerprint density at radius 2 is 2.05 bits per heavy atom. The Kier molecular flexibility index (Phi) is 3.68. The van der Waals surface area contributed by atoms with E-state index in [1.165, 1.54) is 6.07 Å². The van der Waals surface area contributed by atoms with E-state index in [2.05, 4.69) is 13.5 Å². The molecule has 21 heavy (non-hydrogen) atoms. The third-order valence-electron chi connectivity index (χ3n) is 3.80. The lowest BCUT2D eigenvalue weighted by Crippen LogP contribution is -2.54. The number of fused-ring (bicyclic) bond motifs is 1. The molecule has 0 radical (unpaired) electrons. The summed E-state index contributed by atoms with van der Waals surface area (Å²) in [5, 5.41) is 0. The van der Waals surface area contributed by atoms with Gasteiger partial charge in [-0.15, -0.1) is 0 Å². The summed E-state index contributed by atoms with van der Waals surface area (Å²) in [5.41, 5.74) is 5.92. The largest absolute Gasteiger partial charge is 0.392 e. The van der Waals surface area contributed by atoms with Crippen LogP contribution in [-0.4, -0.2) is 27.7 Å². The van der Waals surface area contributed by atoms with Gasteiger partial charge in [-0.1, -0.05) is 31.1 Å². The highest BCUT2D eigenvalue weighted by Gasteiger charge is 2.41. The molecule has 1 aromatic carbocycles. The minimum atomic E-state index is -3.76. The molecule has 1 fully saturated rings. The number of thiocarbonyl (C=S) groups is 1. The van der Waals surface area contributed by atoms with Crippen LogP contribution in [0.25, 0.3) is 11.0 Å². The molecule has 6 nitrogen and oxygen atoms in total. The molecule has 0 amide bonds. The maximum Gasteiger partial charge on any atom is 0.243 e. The zero-order valence-corrected chi connectivity index (χ0v) is 13.5. The van der Waals surface area contributed by atoms with Gasteiger partial charge in [-0.3, -0.25) is 0 Å². The highest BCUT2D eigenvalue weighted by atomic mass is 32.2. The topological polar surface area (TPSA) is 98.0 Å². The predicted molar refractivity (Wildman–Crippen MR) is 85.7 cm³/mol. The van der Waals surface area contributed by atoms with Gasteiger partial charge >= 0.3 is 0 Å². The summed E-state index contributed by atoms with van der Waals surface area (Å²) in [4.78, 5) is 0.323. The first-order chi connectivity index (χ1) is 9.95. The van der Waals surface area contributed by atoms with E-state index in [4.69, 9.17) is 18.0 Å². The fourth-order valence-corrected chi connectivity index (χ4v) is 5.22. The van der Waals surface area contributed by atoms with E-state index in [1.807, 2.05) is 0 Å². The van der Waals surface area contributed by atoms with Crippen molar-refractivity contribution in [2.75, 3.05) is 0 Å². The SMILES string of the molecule is NC(=S)C1(NS(=O)(=O)c2cccc3nsnc23)CCCC1. The van der Waals surface area contributed by atoms with Gasteiger partial charge in [0.15, 0.2) is 0 Å². The highest BCUT2D eigenvalue weighted by molar-refractivity contribution is 7.90. The molecule has 1 aliphatic rings. The lowest BCUT2D eigenvalue weighted by atomic mass is 10.00. The number of nitrogens with one attached hydrogen (secondary N) is 1. The fraction of sp³-hybridized carbons (Fsp3) is 0.417. The van der Waals surface area contributed by atoms with Crippen LogP contribution in [0.5, 0.6) is 0 Å². The molecule has 0 saturated heterocycles. The maximum absolute atomic E-state index is 12.7. The molecule has 1 aliphatic carbocycles. The van der Waals surface area contributed by atoms with Crippen LogP contribution in [0, 0.1) is 0 Å². The van der Waals surface area contributed by atoms with Crippen LogP contribution >= 0.6 is 23.9 Å². The molecule has 0 aliphatic heterocycles. The fourth-order valence-electron chi connectivity index (χ4n) is 2.69. The van der Waals surface area contributed by atoms with Crippen LogP contribution in [0.15, 0.2) is 23.1 Å². The van der Waals surface area contributed by atoms with E-state index in [0.29, 0.717) is 23.9 Å². The van der Waals surface area contributed by atoms with Crippen molar-refractivity contribution in [3.05, 3.63) is 18.2 Å². The standard InChI is InChI=1S/C12H14N4O2S3/c13-11(19)12(6-1-2-7-12)16-21(17,18)9-5-3-4-8-10(9)15-20-14-8/h3-5,16H,1-2,6-7H2,(H2,13,19). The molecule has 0 unspecified atom stereocenters. The summed E-state index contributed by atoms with van der Waals surface area (Å²) < 4.78 is 36.3. The second-order valence-corrected chi connectivity index (χ2v) is 7.77. The van der Waals surface area contributed by atoms with Crippen molar-refractivity contribution in [3.8, 4) is 0 Å². The number of rotatable bonds is 4. The van der Waals surface area contributed by atoms with Gasteiger partial charge < -0.3 is 5.73 Å². The first-order valence-electron chi connectivity index (χ1n) is 6.50. The van der Waals surface area contributed by atoms with Crippen LogP contribution in [0.2, 0.25) is 0 Å². The van der Waals surface area contributed by atoms with Gasteiger partial charge in [0.05, 0.1) is 22.3 Å². The minimum absolute atomic E-state index is 0.122. The van der Waals surface area contributed by atoms with Gasteiger partial charge in [-0.2, -0.15) is 13.5 Å². The Bertz CT molecular complexity index is 794. The van der Waals surface area contributed by atoms with Crippen LogP contribution in [0.4, 0.5) is 0 Å². The Labute approximate surface area is 132 Å². The van der Waals surface area contributed by atoms with Gasteiger partial charge in [-0.05, 0) is 25.0 Å². The third kappa shape index (κ3) is 2.54. The van der Waals surface area contributed by atoms with Crippen molar-refractivity contribution in [2.24, 2.45) is 5.73 Å². The van der Waals surface area contributed by atoms with Crippen molar-refractivity contribution < 1.29 is 8.42 Å². The van der Waals surface area contributed by atoms with Gasteiger partial charge in [0.25, 0.3) is 0 Å². The zero-order chi connectivity index (χ0) is 15.1. The highest BCUT2D eigenvalue weighted by Crippen LogP contribution is 2.32. The van der Waals surface area contributed by atoms with E-state index in [1.54, 1.807) is 12.1 Å². The summed E-state index contributed by atoms with van der Waals surface area (Å²) >= 11 is 6.08. The molecule has 9 heteroatoms. The van der Waals surface area contributed by atoms with Crippen molar-refractivity contribution in [1.82, 2.24) is 13.5 Å². The molecule has 112 valence electrons. The Balaban J connectivity index is 2.05. The normalized spacial score (nSPS) is 18.1. The summed E-state index contributed by atoms with van der Waals surface area (Å²) in [5.74, 6) is 0. The molecule has 0 bridgehead atoms.